The smallest absolute Gasteiger partial charge is 0.403 e. The van der Waals surface area contributed by atoms with Gasteiger partial charge in [-0.05, 0) is 41.4 Å². The highest BCUT2D eigenvalue weighted by Gasteiger charge is 2.42. The SMILES string of the molecule is CC1CCCC(C)(C)[C@H]1[C@H](O)c1ccc(OC(F)(F)F)c(F)c1. The van der Waals surface area contributed by atoms with Crippen LogP contribution >= 0.6 is 0 Å². The summed E-state index contributed by atoms with van der Waals surface area (Å²) >= 11 is 0. The third kappa shape index (κ3) is 4.16. The zero-order valence-corrected chi connectivity index (χ0v) is 13.5. The molecule has 1 saturated carbocycles. The lowest BCUT2D eigenvalue weighted by atomic mass is 9.61. The van der Waals surface area contributed by atoms with Crippen LogP contribution < -0.4 is 4.74 Å². The number of benzene rings is 1. The first-order valence-electron chi connectivity index (χ1n) is 7.74. The fraction of sp³-hybridized carbons (Fsp3) is 0.647. The Balaban J connectivity index is 2.25. The Morgan fingerprint density at radius 1 is 1.30 bits per heavy atom. The number of aliphatic hydroxyl groups is 1. The van der Waals surface area contributed by atoms with Gasteiger partial charge in [0.1, 0.15) is 0 Å². The standard InChI is InChI=1S/C17H22F4O2/c1-10-5-4-8-16(2,3)14(10)15(22)11-6-7-13(12(18)9-11)23-17(19,20)21/h6-7,9-10,14-15,22H,4-5,8H2,1-3H3/t10?,14-,15-/m1/s1. The molecule has 1 aliphatic rings. The summed E-state index contributed by atoms with van der Waals surface area (Å²) in [5.41, 5.74) is 0.165. The van der Waals surface area contributed by atoms with E-state index in [0.29, 0.717) is 0 Å². The molecule has 2 nitrogen and oxygen atoms in total. The lowest BCUT2D eigenvalue weighted by Crippen LogP contribution is -2.38. The van der Waals surface area contributed by atoms with Gasteiger partial charge in [-0.1, -0.05) is 39.7 Å². The van der Waals surface area contributed by atoms with Crippen molar-refractivity contribution in [2.75, 3.05) is 0 Å². The lowest BCUT2D eigenvalue weighted by molar-refractivity contribution is -0.275. The van der Waals surface area contributed by atoms with Crippen LogP contribution in [0.15, 0.2) is 18.2 Å². The lowest BCUT2D eigenvalue weighted by Gasteiger charge is -2.45. The van der Waals surface area contributed by atoms with Crippen molar-refractivity contribution in [1.82, 2.24) is 0 Å². The quantitative estimate of drug-likeness (QED) is 0.768. The average Bonchev–Trinajstić information content (AvgIpc) is 2.38. The minimum absolute atomic E-state index is 0.0787. The van der Waals surface area contributed by atoms with E-state index in [1.54, 1.807) is 0 Å². The fourth-order valence-corrected chi connectivity index (χ4v) is 3.85. The van der Waals surface area contributed by atoms with Crippen LogP contribution in [0.2, 0.25) is 0 Å². The number of hydrogen-bond acceptors (Lipinski definition) is 2. The first-order valence-corrected chi connectivity index (χ1v) is 7.74. The molecular weight excluding hydrogens is 312 g/mol. The molecule has 2 rings (SSSR count). The van der Waals surface area contributed by atoms with Crippen molar-refractivity contribution in [3.63, 3.8) is 0 Å². The van der Waals surface area contributed by atoms with Gasteiger partial charge in [0.15, 0.2) is 11.6 Å². The normalized spacial score (nSPS) is 25.9. The molecule has 0 radical (unpaired) electrons. The Morgan fingerprint density at radius 2 is 1.96 bits per heavy atom. The molecule has 0 amide bonds. The maximum atomic E-state index is 13.9. The van der Waals surface area contributed by atoms with Crippen molar-refractivity contribution >= 4 is 0 Å². The predicted molar refractivity (Wildman–Crippen MR) is 78.3 cm³/mol. The molecule has 0 saturated heterocycles. The number of aliphatic hydroxyl groups excluding tert-OH is 1. The summed E-state index contributed by atoms with van der Waals surface area (Å²) in [7, 11) is 0. The maximum absolute atomic E-state index is 13.9. The van der Waals surface area contributed by atoms with Crippen LogP contribution in [0.25, 0.3) is 0 Å². The third-order valence-corrected chi connectivity index (χ3v) is 4.86. The summed E-state index contributed by atoms with van der Waals surface area (Å²) in [5, 5.41) is 10.7. The van der Waals surface area contributed by atoms with E-state index in [9.17, 15) is 22.7 Å². The Hall–Kier alpha value is -1.30. The molecule has 0 aliphatic heterocycles. The van der Waals surface area contributed by atoms with Crippen molar-refractivity contribution in [1.29, 1.82) is 0 Å². The summed E-state index contributed by atoms with van der Waals surface area (Å²) in [6.07, 6.45) is -2.86. The van der Waals surface area contributed by atoms with Gasteiger partial charge < -0.3 is 9.84 Å². The Labute approximate surface area is 133 Å². The van der Waals surface area contributed by atoms with Crippen molar-refractivity contribution in [2.45, 2.75) is 52.5 Å². The number of halogens is 4. The van der Waals surface area contributed by atoms with E-state index < -0.39 is 24.0 Å². The average molecular weight is 334 g/mol. The zero-order valence-electron chi connectivity index (χ0n) is 13.5. The van der Waals surface area contributed by atoms with E-state index in [1.165, 1.54) is 6.07 Å². The molecule has 0 aromatic heterocycles. The second-order valence-corrected chi connectivity index (χ2v) is 7.07. The van der Waals surface area contributed by atoms with Crippen molar-refractivity contribution in [3.05, 3.63) is 29.6 Å². The second kappa shape index (κ2) is 6.30. The van der Waals surface area contributed by atoms with Gasteiger partial charge in [-0.25, -0.2) is 4.39 Å². The number of ether oxygens (including phenoxy) is 1. The maximum Gasteiger partial charge on any atom is 0.573 e. The minimum atomic E-state index is -4.94. The van der Waals surface area contributed by atoms with Crippen LogP contribution in [0.1, 0.15) is 51.7 Å². The van der Waals surface area contributed by atoms with E-state index >= 15 is 0 Å². The first kappa shape index (κ1) is 18.0. The van der Waals surface area contributed by atoms with Crippen LogP contribution in [-0.2, 0) is 0 Å². The minimum Gasteiger partial charge on any atom is -0.403 e. The highest BCUT2D eigenvalue weighted by Crippen LogP contribution is 2.49. The molecule has 1 aromatic rings. The zero-order chi connectivity index (χ0) is 17.4. The molecule has 1 unspecified atom stereocenters. The van der Waals surface area contributed by atoms with Crippen LogP contribution in [-0.4, -0.2) is 11.5 Å². The molecule has 1 aliphatic carbocycles. The summed E-state index contributed by atoms with van der Waals surface area (Å²) in [5.74, 6) is -1.84. The Morgan fingerprint density at radius 3 is 2.48 bits per heavy atom. The topological polar surface area (TPSA) is 29.5 Å². The van der Waals surface area contributed by atoms with Gasteiger partial charge in [-0.15, -0.1) is 13.2 Å². The molecule has 6 heteroatoms. The summed E-state index contributed by atoms with van der Waals surface area (Å²) in [4.78, 5) is 0. The second-order valence-electron chi connectivity index (χ2n) is 7.07. The molecule has 23 heavy (non-hydrogen) atoms. The molecule has 1 fully saturated rings. The summed E-state index contributed by atoms with van der Waals surface area (Å²) in [6.45, 7) is 6.17. The molecule has 1 aromatic carbocycles. The monoisotopic (exact) mass is 334 g/mol. The third-order valence-electron chi connectivity index (χ3n) is 4.86. The van der Waals surface area contributed by atoms with Gasteiger partial charge in [0.2, 0.25) is 0 Å². The van der Waals surface area contributed by atoms with Gasteiger partial charge in [0, 0.05) is 0 Å². The van der Waals surface area contributed by atoms with Gasteiger partial charge in [0.05, 0.1) is 6.10 Å². The molecule has 3 atom stereocenters. The van der Waals surface area contributed by atoms with Gasteiger partial charge in [0.25, 0.3) is 0 Å². The van der Waals surface area contributed by atoms with Crippen LogP contribution in [0.4, 0.5) is 17.6 Å². The van der Waals surface area contributed by atoms with Crippen LogP contribution in [0, 0.1) is 23.1 Å². The van der Waals surface area contributed by atoms with E-state index in [1.807, 2.05) is 6.92 Å². The fourth-order valence-electron chi connectivity index (χ4n) is 3.85. The number of rotatable bonds is 3. The molecule has 130 valence electrons. The van der Waals surface area contributed by atoms with Crippen LogP contribution in [0.5, 0.6) is 5.75 Å². The van der Waals surface area contributed by atoms with Crippen molar-refractivity contribution < 1.29 is 27.4 Å². The highest BCUT2D eigenvalue weighted by molar-refractivity contribution is 5.31. The molecule has 0 spiro atoms. The van der Waals surface area contributed by atoms with E-state index in [-0.39, 0.29) is 22.8 Å². The van der Waals surface area contributed by atoms with E-state index in [2.05, 4.69) is 18.6 Å². The van der Waals surface area contributed by atoms with E-state index in [0.717, 1.165) is 31.4 Å². The van der Waals surface area contributed by atoms with E-state index in [4.69, 9.17) is 0 Å². The van der Waals surface area contributed by atoms with Gasteiger partial charge >= 0.3 is 6.36 Å². The van der Waals surface area contributed by atoms with Crippen LogP contribution in [0.3, 0.4) is 0 Å². The Bertz CT molecular complexity index is 554. The first-order chi connectivity index (χ1) is 10.5. The number of hydrogen-bond donors (Lipinski definition) is 1. The summed E-state index contributed by atoms with van der Waals surface area (Å²) < 4.78 is 54.0. The predicted octanol–water partition coefficient (Wildman–Crippen LogP) is 5.22. The van der Waals surface area contributed by atoms with Gasteiger partial charge in [-0.2, -0.15) is 0 Å². The number of alkyl halides is 3. The molecular formula is C17H22F4O2. The molecule has 0 bridgehead atoms. The van der Waals surface area contributed by atoms with Crippen molar-refractivity contribution in [2.24, 2.45) is 17.3 Å². The summed E-state index contributed by atoms with van der Waals surface area (Å²) in [6, 6.07) is 3.15. The Kier molecular flexibility index (Phi) is 4.95. The van der Waals surface area contributed by atoms with Crippen molar-refractivity contribution in [3.8, 4) is 5.75 Å². The highest BCUT2D eigenvalue weighted by atomic mass is 19.4. The molecule has 0 heterocycles. The molecule has 1 N–H and O–H groups in total. The largest absolute Gasteiger partial charge is 0.573 e. The van der Waals surface area contributed by atoms with Gasteiger partial charge in [-0.3, -0.25) is 0 Å².